The summed E-state index contributed by atoms with van der Waals surface area (Å²) in [5.74, 6) is -0.923. The first-order valence-corrected chi connectivity index (χ1v) is 13.9. The number of aryl methyl sites for hydroxylation is 1. The average Bonchev–Trinajstić information content (AvgIpc) is 2.79. The lowest BCUT2D eigenvalue weighted by Gasteiger charge is -2.39. The molecule has 2 aliphatic rings. The Morgan fingerprint density at radius 2 is 1.56 bits per heavy atom. The van der Waals surface area contributed by atoms with E-state index >= 15 is 0 Å². The summed E-state index contributed by atoms with van der Waals surface area (Å²) in [6.07, 6.45) is 9.37. The molecule has 1 fully saturated rings. The lowest BCUT2D eigenvalue weighted by Crippen LogP contribution is -2.40. The van der Waals surface area contributed by atoms with Gasteiger partial charge in [-0.2, -0.15) is 0 Å². The molecule has 1 aliphatic heterocycles. The first-order valence-electron chi connectivity index (χ1n) is 13.9. The van der Waals surface area contributed by atoms with Gasteiger partial charge in [-0.25, -0.2) is 4.79 Å². The molecule has 0 saturated heterocycles. The number of carboxylic acid groups (broad SMARTS) is 1. The number of carboxylic acids is 1. The molecule has 4 nitrogen and oxygen atoms in total. The average molecular weight is 492 g/mol. The highest BCUT2D eigenvalue weighted by molar-refractivity contribution is 5.84. The van der Waals surface area contributed by atoms with Crippen LogP contribution in [0.1, 0.15) is 105 Å². The van der Waals surface area contributed by atoms with Gasteiger partial charge >= 0.3 is 5.97 Å². The Labute approximate surface area is 218 Å². The Morgan fingerprint density at radius 3 is 2.14 bits per heavy atom. The van der Waals surface area contributed by atoms with Crippen LogP contribution in [0, 0.1) is 20.8 Å². The minimum Gasteiger partial charge on any atom is -0.479 e. The molecule has 2 aromatic carbocycles. The molecule has 0 aromatic heterocycles. The van der Waals surface area contributed by atoms with Gasteiger partial charge in [0.15, 0.2) is 6.10 Å². The smallest absolute Gasteiger partial charge is 0.337 e. The van der Waals surface area contributed by atoms with E-state index in [-0.39, 0.29) is 0 Å². The van der Waals surface area contributed by atoms with Crippen LogP contribution in [0.5, 0.6) is 0 Å². The van der Waals surface area contributed by atoms with Crippen molar-refractivity contribution in [3.63, 3.8) is 0 Å². The fourth-order valence-corrected chi connectivity index (χ4v) is 6.36. The number of rotatable bonds is 5. The number of hydrogen-bond donors (Lipinski definition) is 1. The van der Waals surface area contributed by atoms with Crippen molar-refractivity contribution in [3.8, 4) is 11.1 Å². The number of carbonyl (C=O) groups is 1. The van der Waals surface area contributed by atoms with Crippen LogP contribution in [-0.4, -0.2) is 34.2 Å². The Balaban J connectivity index is 1.84. The van der Waals surface area contributed by atoms with E-state index in [1.54, 1.807) is 0 Å². The van der Waals surface area contributed by atoms with E-state index in [9.17, 15) is 9.90 Å². The molecule has 1 aliphatic carbocycles. The summed E-state index contributed by atoms with van der Waals surface area (Å²) >= 11 is 0. The molecule has 1 unspecified atom stereocenters. The Morgan fingerprint density at radius 1 is 0.944 bits per heavy atom. The predicted molar refractivity (Wildman–Crippen MR) is 148 cm³/mol. The lowest BCUT2D eigenvalue weighted by molar-refractivity contribution is -0.160. The first-order chi connectivity index (χ1) is 17.1. The largest absolute Gasteiger partial charge is 0.479 e. The summed E-state index contributed by atoms with van der Waals surface area (Å²) in [6.45, 7) is 14.2. The van der Waals surface area contributed by atoms with Gasteiger partial charge in [-0.05, 0) is 94.2 Å². The molecule has 1 saturated carbocycles. The Kier molecular flexibility index (Phi) is 8.26. The van der Waals surface area contributed by atoms with Crippen molar-refractivity contribution >= 4 is 5.97 Å². The molecule has 1 N–H and O–H groups in total. The maximum absolute atomic E-state index is 12.6. The molecule has 1 atom stereocenters. The highest BCUT2D eigenvalue weighted by Gasteiger charge is 2.35. The summed E-state index contributed by atoms with van der Waals surface area (Å²) in [6, 6.07) is 9.18. The molecule has 0 bridgehead atoms. The number of nitrogens with zero attached hydrogens (tertiary/aromatic N) is 1. The normalized spacial score (nSPS) is 18.8. The van der Waals surface area contributed by atoms with E-state index in [4.69, 9.17) is 4.74 Å². The van der Waals surface area contributed by atoms with E-state index in [0.29, 0.717) is 6.04 Å². The van der Waals surface area contributed by atoms with Crippen molar-refractivity contribution in [1.29, 1.82) is 0 Å². The highest BCUT2D eigenvalue weighted by atomic mass is 16.5. The van der Waals surface area contributed by atoms with Crippen LogP contribution in [0.2, 0.25) is 0 Å². The van der Waals surface area contributed by atoms with Crippen molar-refractivity contribution in [2.24, 2.45) is 0 Å². The van der Waals surface area contributed by atoms with Crippen molar-refractivity contribution in [2.45, 2.75) is 117 Å². The predicted octanol–water partition coefficient (Wildman–Crippen LogP) is 7.69. The zero-order valence-electron chi connectivity index (χ0n) is 23.2. The Hall–Kier alpha value is -2.17. The van der Waals surface area contributed by atoms with Crippen LogP contribution in [0.25, 0.3) is 11.1 Å². The van der Waals surface area contributed by atoms with Crippen LogP contribution in [-0.2, 0) is 22.5 Å². The first kappa shape index (κ1) is 26.9. The van der Waals surface area contributed by atoms with E-state index in [1.807, 2.05) is 20.8 Å². The fourth-order valence-electron chi connectivity index (χ4n) is 6.36. The van der Waals surface area contributed by atoms with Crippen LogP contribution < -0.4 is 0 Å². The van der Waals surface area contributed by atoms with Crippen LogP contribution in [0.4, 0.5) is 0 Å². The summed E-state index contributed by atoms with van der Waals surface area (Å²) in [4.78, 5) is 15.4. The second-order valence-corrected chi connectivity index (χ2v) is 12.0. The number of aliphatic carboxylic acids is 1. The molecule has 2 aromatic rings. The third-order valence-corrected chi connectivity index (χ3v) is 8.22. The molecule has 0 amide bonds. The lowest BCUT2D eigenvalue weighted by atomic mass is 9.79. The minimum atomic E-state index is -1.01. The summed E-state index contributed by atoms with van der Waals surface area (Å²) in [7, 11) is 0. The van der Waals surface area contributed by atoms with Gasteiger partial charge in [-0.3, -0.25) is 4.90 Å². The number of fused-ring (bicyclic) bond motifs is 1. The molecule has 4 rings (SSSR count). The van der Waals surface area contributed by atoms with Gasteiger partial charge in [-0.15, -0.1) is 0 Å². The van der Waals surface area contributed by atoms with E-state index < -0.39 is 17.7 Å². The SMILES string of the molecule is Cc1ccc(-c2c(C)c3c(c(C)c2C(OC(C)(C)C)C(=O)O)CCN(C2CCCCCCC2)C3)cc1. The number of benzene rings is 2. The van der Waals surface area contributed by atoms with E-state index in [1.165, 1.54) is 67.2 Å². The third kappa shape index (κ3) is 5.86. The monoisotopic (exact) mass is 491 g/mol. The summed E-state index contributed by atoms with van der Waals surface area (Å²) < 4.78 is 6.23. The highest BCUT2D eigenvalue weighted by Crippen LogP contribution is 2.43. The van der Waals surface area contributed by atoms with Crippen LogP contribution in [0.3, 0.4) is 0 Å². The van der Waals surface area contributed by atoms with Crippen molar-refractivity contribution < 1.29 is 14.6 Å². The molecular weight excluding hydrogens is 446 g/mol. The maximum atomic E-state index is 12.6. The Bertz CT molecular complexity index is 1070. The second-order valence-electron chi connectivity index (χ2n) is 12.0. The molecular formula is C32H45NO3. The molecule has 4 heteroatoms. The van der Waals surface area contributed by atoms with Gasteiger partial charge in [0.1, 0.15) is 0 Å². The summed E-state index contributed by atoms with van der Waals surface area (Å²) in [5, 5.41) is 10.4. The fraction of sp³-hybridized carbons (Fsp3) is 0.594. The topological polar surface area (TPSA) is 49.8 Å². The van der Waals surface area contributed by atoms with Gasteiger partial charge in [0.25, 0.3) is 0 Å². The molecule has 0 spiro atoms. The van der Waals surface area contributed by atoms with Gasteiger partial charge in [0.2, 0.25) is 0 Å². The van der Waals surface area contributed by atoms with Crippen molar-refractivity contribution in [1.82, 2.24) is 4.90 Å². The third-order valence-electron chi connectivity index (χ3n) is 8.22. The van der Waals surface area contributed by atoms with Gasteiger partial charge in [0.05, 0.1) is 5.60 Å². The van der Waals surface area contributed by atoms with Crippen LogP contribution in [0.15, 0.2) is 24.3 Å². The molecule has 0 radical (unpaired) electrons. The van der Waals surface area contributed by atoms with Gasteiger partial charge in [-0.1, -0.05) is 61.9 Å². The van der Waals surface area contributed by atoms with E-state index in [0.717, 1.165) is 41.8 Å². The van der Waals surface area contributed by atoms with Crippen LogP contribution >= 0.6 is 0 Å². The summed E-state index contributed by atoms with van der Waals surface area (Å²) in [5.41, 5.74) is 8.63. The molecule has 196 valence electrons. The molecule has 36 heavy (non-hydrogen) atoms. The van der Waals surface area contributed by atoms with Crippen molar-refractivity contribution in [3.05, 3.63) is 57.6 Å². The van der Waals surface area contributed by atoms with E-state index in [2.05, 4.69) is 49.9 Å². The second kappa shape index (κ2) is 11.1. The van der Waals surface area contributed by atoms with Crippen molar-refractivity contribution in [2.75, 3.05) is 6.54 Å². The standard InChI is InChI=1S/C32H45NO3/c1-21-14-16-24(17-15-21)28-23(3)27-20-33(25-12-10-8-7-9-11-13-25)19-18-26(27)22(2)29(28)30(31(34)35)36-32(4,5)6/h14-17,25,30H,7-13,18-20H2,1-6H3,(H,34,35). The van der Waals surface area contributed by atoms with Gasteiger partial charge < -0.3 is 9.84 Å². The molecule has 1 heterocycles. The minimum absolute atomic E-state index is 0.571. The zero-order valence-corrected chi connectivity index (χ0v) is 23.2. The number of ether oxygens (including phenoxy) is 1. The quantitative estimate of drug-likeness (QED) is 0.466. The van der Waals surface area contributed by atoms with Gasteiger partial charge in [0, 0.05) is 24.7 Å². The number of hydrogen-bond acceptors (Lipinski definition) is 3. The zero-order chi connectivity index (χ0) is 26.0. The maximum Gasteiger partial charge on any atom is 0.337 e.